The van der Waals surface area contributed by atoms with Crippen molar-refractivity contribution in [2.24, 2.45) is 0 Å². The van der Waals surface area contributed by atoms with Crippen LogP contribution < -0.4 is 10.2 Å². The predicted molar refractivity (Wildman–Crippen MR) is 134 cm³/mol. The molecular formula is C26H27ClFN5. The van der Waals surface area contributed by atoms with Gasteiger partial charge in [0.05, 0.1) is 5.52 Å². The molecule has 0 unspecified atom stereocenters. The summed E-state index contributed by atoms with van der Waals surface area (Å²) in [4.78, 5) is 15.8. The summed E-state index contributed by atoms with van der Waals surface area (Å²) < 4.78 is 14.6. The fraction of sp³-hybridized carbons (Fsp3) is 0.269. The molecule has 4 aromatic rings. The van der Waals surface area contributed by atoms with E-state index in [0.29, 0.717) is 23.4 Å². The van der Waals surface area contributed by atoms with Gasteiger partial charge in [-0.1, -0.05) is 11.6 Å². The number of halogens is 2. The maximum atomic E-state index is 14.6. The Morgan fingerprint density at radius 3 is 2.58 bits per heavy atom. The van der Waals surface area contributed by atoms with Gasteiger partial charge in [-0.3, -0.25) is 4.98 Å². The first kappa shape index (κ1) is 22.9. The van der Waals surface area contributed by atoms with Gasteiger partial charge in [0.25, 0.3) is 0 Å². The van der Waals surface area contributed by atoms with Crippen molar-refractivity contribution in [3.05, 3.63) is 82.5 Å². The molecular weight excluding hydrogens is 437 g/mol. The van der Waals surface area contributed by atoms with Crippen molar-refractivity contribution in [3.8, 4) is 0 Å². The summed E-state index contributed by atoms with van der Waals surface area (Å²) in [7, 11) is 0. The molecule has 2 aromatic carbocycles. The van der Waals surface area contributed by atoms with Gasteiger partial charge < -0.3 is 10.2 Å². The third-order valence-corrected chi connectivity index (χ3v) is 5.86. The van der Waals surface area contributed by atoms with Crippen molar-refractivity contribution < 1.29 is 4.39 Å². The van der Waals surface area contributed by atoms with E-state index in [0.717, 1.165) is 52.7 Å². The van der Waals surface area contributed by atoms with Gasteiger partial charge in [-0.15, -0.1) is 0 Å². The molecule has 0 bridgehead atoms. The van der Waals surface area contributed by atoms with E-state index in [-0.39, 0.29) is 5.82 Å². The minimum atomic E-state index is -0.221. The van der Waals surface area contributed by atoms with Crippen LogP contribution in [0.4, 0.5) is 21.7 Å². The highest BCUT2D eigenvalue weighted by Gasteiger charge is 2.11. The molecule has 1 N–H and O–H groups in total. The largest absolute Gasteiger partial charge is 0.355 e. The Labute approximate surface area is 198 Å². The highest BCUT2D eigenvalue weighted by atomic mass is 35.5. The molecule has 7 heteroatoms. The van der Waals surface area contributed by atoms with Gasteiger partial charge >= 0.3 is 0 Å². The molecule has 0 aliphatic carbocycles. The molecule has 0 saturated carbocycles. The third kappa shape index (κ3) is 5.40. The highest BCUT2D eigenvalue weighted by molar-refractivity contribution is 6.31. The van der Waals surface area contributed by atoms with Crippen LogP contribution in [-0.2, 0) is 12.8 Å². The molecule has 0 radical (unpaired) electrons. The van der Waals surface area contributed by atoms with Crippen molar-refractivity contribution in [3.63, 3.8) is 0 Å². The second-order valence-electron chi connectivity index (χ2n) is 7.92. The SMILES string of the molecule is CCN(CC)c1nc(C)cc(CCc2cc(Nc3ccnc4cc(Cl)ccc34)ccc2F)n1. The second kappa shape index (κ2) is 10.1. The van der Waals surface area contributed by atoms with Crippen molar-refractivity contribution in [1.82, 2.24) is 15.0 Å². The minimum Gasteiger partial charge on any atom is -0.355 e. The fourth-order valence-corrected chi connectivity index (χ4v) is 4.05. The van der Waals surface area contributed by atoms with E-state index < -0.39 is 0 Å². The number of nitrogens with zero attached hydrogens (tertiary/aromatic N) is 4. The van der Waals surface area contributed by atoms with Crippen LogP contribution in [0.1, 0.15) is 30.8 Å². The van der Waals surface area contributed by atoms with Crippen molar-refractivity contribution in [1.29, 1.82) is 0 Å². The van der Waals surface area contributed by atoms with E-state index in [4.69, 9.17) is 16.6 Å². The zero-order chi connectivity index (χ0) is 23.4. The molecule has 2 aromatic heterocycles. The number of rotatable bonds is 8. The van der Waals surface area contributed by atoms with Crippen LogP contribution >= 0.6 is 11.6 Å². The lowest BCUT2D eigenvalue weighted by Gasteiger charge is -2.19. The van der Waals surface area contributed by atoms with E-state index in [2.05, 4.69) is 34.0 Å². The topological polar surface area (TPSA) is 53.9 Å². The monoisotopic (exact) mass is 463 g/mol. The molecule has 0 aliphatic heterocycles. The summed E-state index contributed by atoms with van der Waals surface area (Å²) >= 11 is 6.09. The van der Waals surface area contributed by atoms with Crippen LogP contribution in [0.2, 0.25) is 5.02 Å². The Morgan fingerprint density at radius 1 is 0.970 bits per heavy atom. The average molecular weight is 464 g/mol. The molecule has 4 rings (SSSR count). The summed E-state index contributed by atoms with van der Waals surface area (Å²) in [5.41, 5.74) is 4.99. The Kier molecular flexibility index (Phi) is 7.04. The fourth-order valence-electron chi connectivity index (χ4n) is 3.89. The molecule has 0 spiro atoms. The lowest BCUT2D eigenvalue weighted by molar-refractivity contribution is 0.608. The van der Waals surface area contributed by atoms with Gasteiger partial charge in [0.1, 0.15) is 5.82 Å². The minimum absolute atomic E-state index is 0.221. The smallest absolute Gasteiger partial charge is 0.225 e. The Morgan fingerprint density at radius 2 is 1.79 bits per heavy atom. The maximum absolute atomic E-state index is 14.6. The van der Waals surface area contributed by atoms with Gasteiger partial charge in [0.15, 0.2) is 0 Å². The maximum Gasteiger partial charge on any atom is 0.225 e. The molecule has 0 atom stereocenters. The standard InChI is InChI=1S/C26H27ClFN5/c1-4-33(5-2)26-30-17(3)14-20(32-26)8-6-18-15-21(9-11-23(18)28)31-24-12-13-29-25-16-19(27)7-10-22(24)25/h7,9-16H,4-6,8H2,1-3H3,(H,29,31). The summed E-state index contributed by atoms with van der Waals surface area (Å²) in [6, 6.07) is 14.6. The zero-order valence-corrected chi connectivity index (χ0v) is 19.8. The first-order valence-corrected chi connectivity index (χ1v) is 11.5. The number of hydrogen-bond donors (Lipinski definition) is 1. The molecule has 5 nitrogen and oxygen atoms in total. The molecule has 0 saturated heterocycles. The Hall–Kier alpha value is -3.25. The van der Waals surface area contributed by atoms with E-state index >= 15 is 0 Å². The highest BCUT2D eigenvalue weighted by Crippen LogP contribution is 2.28. The van der Waals surface area contributed by atoms with Crippen molar-refractivity contribution in [2.75, 3.05) is 23.3 Å². The number of hydrogen-bond acceptors (Lipinski definition) is 5. The van der Waals surface area contributed by atoms with Crippen LogP contribution in [-0.4, -0.2) is 28.0 Å². The summed E-state index contributed by atoms with van der Waals surface area (Å²) in [5.74, 6) is 0.511. The normalized spacial score (nSPS) is 11.1. The number of anilines is 3. The van der Waals surface area contributed by atoms with Gasteiger partial charge in [-0.2, -0.15) is 0 Å². The number of nitrogens with one attached hydrogen (secondary N) is 1. The number of benzene rings is 2. The average Bonchev–Trinajstić information content (AvgIpc) is 2.80. The lowest BCUT2D eigenvalue weighted by Crippen LogP contribution is -2.24. The predicted octanol–water partition coefficient (Wildman–Crippen LogP) is 6.50. The van der Waals surface area contributed by atoms with Crippen LogP contribution in [0.15, 0.2) is 54.7 Å². The lowest BCUT2D eigenvalue weighted by atomic mass is 10.1. The van der Waals surface area contributed by atoms with E-state index in [1.54, 1.807) is 12.3 Å². The summed E-state index contributed by atoms with van der Waals surface area (Å²) in [6.07, 6.45) is 2.91. The number of aromatic nitrogens is 3. The summed E-state index contributed by atoms with van der Waals surface area (Å²) in [6.45, 7) is 7.83. The van der Waals surface area contributed by atoms with Gasteiger partial charge in [0, 0.05) is 52.5 Å². The Bertz CT molecular complexity index is 1270. The second-order valence-corrected chi connectivity index (χ2v) is 8.36. The first-order chi connectivity index (χ1) is 16.0. The van der Waals surface area contributed by atoms with E-state index in [1.165, 1.54) is 6.07 Å². The molecule has 170 valence electrons. The molecule has 0 fully saturated rings. The van der Waals surface area contributed by atoms with Crippen LogP contribution in [0.5, 0.6) is 0 Å². The first-order valence-electron chi connectivity index (χ1n) is 11.2. The zero-order valence-electron chi connectivity index (χ0n) is 19.1. The quantitative estimate of drug-likeness (QED) is 0.323. The van der Waals surface area contributed by atoms with Crippen molar-refractivity contribution >= 4 is 39.8 Å². The number of pyridine rings is 1. The molecule has 0 aliphatic rings. The van der Waals surface area contributed by atoms with Crippen LogP contribution in [0, 0.1) is 12.7 Å². The van der Waals surface area contributed by atoms with Gasteiger partial charge in [-0.05, 0) is 87.7 Å². The van der Waals surface area contributed by atoms with Crippen molar-refractivity contribution in [2.45, 2.75) is 33.6 Å². The van der Waals surface area contributed by atoms with Crippen LogP contribution in [0.3, 0.4) is 0 Å². The summed E-state index contributed by atoms with van der Waals surface area (Å²) in [5, 5.41) is 4.99. The Balaban J connectivity index is 1.54. The molecule has 0 amide bonds. The third-order valence-electron chi connectivity index (χ3n) is 5.62. The number of aryl methyl sites for hydroxylation is 3. The van der Waals surface area contributed by atoms with E-state index in [1.807, 2.05) is 43.3 Å². The molecule has 33 heavy (non-hydrogen) atoms. The van der Waals surface area contributed by atoms with Gasteiger partial charge in [-0.25, -0.2) is 14.4 Å². The van der Waals surface area contributed by atoms with Crippen LogP contribution in [0.25, 0.3) is 10.9 Å². The van der Waals surface area contributed by atoms with E-state index in [9.17, 15) is 4.39 Å². The van der Waals surface area contributed by atoms with Gasteiger partial charge in [0.2, 0.25) is 5.95 Å². The molecule has 2 heterocycles. The number of fused-ring (bicyclic) bond motifs is 1.